The van der Waals surface area contributed by atoms with Crippen LogP contribution in [0.4, 0.5) is 4.39 Å². The summed E-state index contributed by atoms with van der Waals surface area (Å²) >= 11 is 6.28. The zero-order valence-corrected chi connectivity index (χ0v) is 9.51. The number of rotatable bonds is 2. The molecule has 1 aromatic rings. The van der Waals surface area contributed by atoms with E-state index in [1.807, 2.05) is 6.07 Å². The Morgan fingerprint density at radius 1 is 1.27 bits per heavy atom. The molecule has 2 rings (SSSR count). The maximum Gasteiger partial charge on any atom is 0.123 e. The Labute approximate surface area is 95.4 Å². The van der Waals surface area contributed by atoms with Gasteiger partial charge >= 0.3 is 0 Å². The van der Waals surface area contributed by atoms with E-state index in [1.165, 1.54) is 25.3 Å². The highest BCUT2D eigenvalue weighted by molar-refractivity contribution is 6.20. The number of alkyl halides is 1. The van der Waals surface area contributed by atoms with E-state index in [1.54, 1.807) is 12.1 Å². The zero-order valence-electron chi connectivity index (χ0n) is 8.76. The van der Waals surface area contributed by atoms with E-state index in [0.717, 1.165) is 18.4 Å². The lowest BCUT2D eigenvalue weighted by Gasteiger charge is -2.27. The van der Waals surface area contributed by atoms with Crippen LogP contribution in [-0.2, 0) is 6.42 Å². The van der Waals surface area contributed by atoms with Crippen LogP contribution in [0.25, 0.3) is 0 Å². The molecule has 0 heterocycles. The van der Waals surface area contributed by atoms with Crippen LogP contribution in [0.3, 0.4) is 0 Å². The Kier molecular flexibility index (Phi) is 3.63. The summed E-state index contributed by atoms with van der Waals surface area (Å²) in [4.78, 5) is 0. The van der Waals surface area contributed by atoms with Crippen molar-refractivity contribution in [1.29, 1.82) is 0 Å². The first kappa shape index (κ1) is 10.9. The van der Waals surface area contributed by atoms with Gasteiger partial charge in [0.05, 0.1) is 0 Å². The first-order valence-electron chi connectivity index (χ1n) is 5.64. The fourth-order valence-corrected chi connectivity index (χ4v) is 2.73. The van der Waals surface area contributed by atoms with Gasteiger partial charge in [0.1, 0.15) is 5.82 Å². The standard InChI is InChI=1S/C13H16ClF/c14-13-7-2-1-5-11(13)8-10-4-3-6-12(15)9-10/h3-4,6,9,11,13H,1-2,5,7-8H2. The van der Waals surface area contributed by atoms with E-state index in [9.17, 15) is 4.39 Å². The van der Waals surface area contributed by atoms with Gasteiger partial charge in [-0.25, -0.2) is 4.39 Å². The van der Waals surface area contributed by atoms with Gasteiger partial charge in [0, 0.05) is 5.38 Å². The molecule has 1 aromatic carbocycles. The van der Waals surface area contributed by atoms with Crippen molar-refractivity contribution in [3.63, 3.8) is 0 Å². The van der Waals surface area contributed by atoms with E-state index in [2.05, 4.69) is 0 Å². The Bertz CT molecular complexity index is 324. The van der Waals surface area contributed by atoms with Gasteiger partial charge in [-0.05, 0) is 42.9 Å². The Balaban J connectivity index is 2.01. The van der Waals surface area contributed by atoms with E-state index < -0.39 is 0 Å². The van der Waals surface area contributed by atoms with E-state index in [4.69, 9.17) is 11.6 Å². The monoisotopic (exact) mass is 226 g/mol. The van der Waals surface area contributed by atoms with E-state index >= 15 is 0 Å². The average molecular weight is 227 g/mol. The van der Waals surface area contributed by atoms with Crippen molar-refractivity contribution in [3.8, 4) is 0 Å². The van der Waals surface area contributed by atoms with E-state index in [-0.39, 0.29) is 11.2 Å². The second-order valence-corrected chi connectivity index (χ2v) is 4.96. The van der Waals surface area contributed by atoms with Crippen molar-refractivity contribution in [3.05, 3.63) is 35.6 Å². The van der Waals surface area contributed by atoms with Crippen molar-refractivity contribution in [2.24, 2.45) is 5.92 Å². The first-order valence-corrected chi connectivity index (χ1v) is 6.08. The van der Waals surface area contributed by atoms with Crippen LogP contribution in [0.2, 0.25) is 0 Å². The lowest BCUT2D eigenvalue weighted by Crippen LogP contribution is -2.21. The quantitative estimate of drug-likeness (QED) is 0.664. The molecule has 2 atom stereocenters. The molecule has 0 spiro atoms. The zero-order chi connectivity index (χ0) is 10.7. The summed E-state index contributed by atoms with van der Waals surface area (Å²) < 4.78 is 13.0. The van der Waals surface area contributed by atoms with E-state index in [0.29, 0.717) is 5.92 Å². The second-order valence-electron chi connectivity index (χ2n) is 4.39. The summed E-state index contributed by atoms with van der Waals surface area (Å²) in [5.41, 5.74) is 1.08. The van der Waals surface area contributed by atoms with Gasteiger partial charge in [-0.3, -0.25) is 0 Å². The second kappa shape index (κ2) is 4.98. The molecule has 1 saturated carbocycles. The molecule has 1 fully saturated rings. The topological polar surface area (TPSA) is 0 Å². The van der Waals surface area contributed by atoms with Crippen LogP contribution in [0.15, 0.2) is 24.3 Å². The van der Waals surface area contributed by atoms with Crippen molar-refractivity contribution in [2.45, 2.75) is 37.5 Å². The highest BCUT2D eigenvalue weighted by Gasteiger charge is 2.23. The van der Waals surface area contributed by atoms with Gasteiger partial charge in [-0.15, -0.1) is 11.6 Å². The minimum absolute atomic E-state index is 0.144. The number of hydrogen-bond donors (Lipinski definition) is 0. The molecule has 0 radical (unpaired) electrons. The SMILES string of the molecule is Fc1cccc(CC2CCCCC2Cl)c1. The van der Waals surface area contributed by atoms with Crippen LogP contribution in [0, 0.1) is 11.7 Å². The van der Waals surface area contributed by atoms with Crippen molar-refractivity contribution in [2.75, 3.05) is 0 Å². The Morgan fingerprint density at radius 3 is 2.80 bits per heavy atom. The largest absolute Gasteiger partial charge is 0.207 e. The number of halogens is 2. The molecule has 82 valence electrons. The third-order valence-corrected chi connectivity index (χ3v) is 3.78. The number of benzene rings is 1. The fourth-order valence-electron chi connectivity index (χ4n) is 2.36. The molecule has 15 heavy (non-hydrogen) atoms. The van der Waals surface area contributed by atoms with Crippen LogP contribution < -0.4 is 0 Å². The fraction of sp³-hybridized carbons (Fsp3) is 0.538. The molecular weight excluding hydrogens is 211 g/mol. The molecule has 2 heteroatoms. The molecule has 1 aliphatic carbocycles. The summed E-state index contributed by atoms with van der Waals surface area (Å²) in [5.74, 6) is 0.386. The third kappa shape index (κ3) is 2.94. The molecule has 0 bridgehead atoms. The predicted octanol–water partition coefficient (Wildman–Crippen LogP) is 4.17. The van der Waals surface area contributed by atoms with Crippen LogP contribution in [-0.4, -0.2) is 5.38 Å². The van der Waals surface area contributed by atoms with Gasteiger partial charge in [0.25, 0.3) is 0 Å². The molecule has 0 aromatic heterocycles. The summed E-state index contributed by atoms with van der Waals surface area (Å²) in [5, 5.41) is 0.280. The Morgan fingerprint density at radius 2 is 2.07 bits per heavy atom. The summed E-state index contributed by atoms with van der Waals surface area (Å²) in [6.07, 6.45) is 5.73. The highest BCUT2D eigenvalue weighted by Crippen LogP contribution is 2.31. The number of hydrogen-bond acceptors (Lipinski definition) is 0. The molecule has 0 amide bonds. The summed E-state index contributed by atoms with van der Waals surface area (Å²) in [6.45, 7) is 0. The minimum Gasteiger partial charge on any atom is -0.207 e. The van der Waals surface area contributed by atoms with Gasteiger partial charge in [-0.2, -0.15) is 0 Å². The van der Waals surface area contributed by atoms with Crippen molar-refractivity contribution < 1.29 is 4.39 Å². The molecule has 0 N–H and O–H groups in total. The lowest BCUT2D eigenvalue weighted by molar-refractivity contribution is 0.363. The smallest absolute Gasteiger partial charge is 0.123 e. The van der Waals surface area contributed by atoms with Crippen molar-refractivity contribution >= 4 is 11.6 Å². The van der Waals surface area contributed by atoms with Gasteiger partial charge in [0.15, 0.2) is 0 Å². The molecular formula is C13H16ClF. The predicted molar refractivity (Wildman–Crippen MR) is 61.7 cm³/mol. The van der Waals surface area contributed by atoms with Crippen LogP contribution in [0.5, 0.6) is 0 Å². The summed E-state index contributed by atoms with van der Waals surface area (Å²) in [6, 6.07) is 6.87. The van der Waals surface area contributed by atoms with Gasteiger partial charge < -0.3 is 0 Å². The molecule has 1 aliphatic rings. The first-order chi connectivity index (χ1) is 7.25. The molecule has 0 nitrogen and oxygen atoms in total. The molecule has 2 unspecified atom stereocenters. The molecule has 0 saturated heterocycles. The highest BCUT2D eigenvalue weighted by atomic mass is 35.5. The lowest BCUT2D eigenvalue weighted by atomic mass is 9.84. The van der Waals surface area contributed by atoms with Crippen LogP contribution >= 0.6 is 11.6 Å². The van der Waals surface area contributed by atoms with Crippen molar-refractivity contribution in [1.82, 2.24) is 0 Å². The maximum atomic E-state index is 13.0. The van der Waals surface area contributed by atoms with Gasteiger partial charge in [0.2, 0.25) is 0 Å². The molecule has 0 aliphatic heterocycles. The normalized spacial score (nSPS) is 26.5. The van der Waals surface area contributed by atoms with Crippen LogP contribution in [0.1, 0.15) is 31.2 Å². The Hall–Kier alpha value is -0.560. The maximum absolute atomic E-state index is 13.0. The third-order valence-electron chi connectivity index (χ3n) is 3.20. The average Bonchev–Trinajstić information content (AvgIpc) is 2.22. The minimum atomic E-state index is -0.144. The summed E-state index contributed by atoms with van der Waals surface area (Å²) in [7, 11) is 0. The van der Waals surface area contributed by atoms with Gasteiger partial charge in [-0.1, -0.05) is 25.0 Å².